The minimum absolute atomic E-state index is 0.133. The van der Waals surface area contributed by atoms with Crippen LogP contribution in [0.1, 0.15) is 30.7 Å². The molecule has 1 aromatic heterocycles. The van der Waals surface area contributed by atoms with Crippen LogP contribution >= 0.6 is 15.9 Å². The minimum atomic E-state index is -0.724. The molecule has 94 valence electrons. The predicted molar refractivity (Wildman–Crippen MR) is 71.6 cm³/mol. The van der Waals surface area contributed by atoms with Gasteiger partial charge in [-0.2, -0.15) is 0 Å². The molecule has 0 spiro atoms. The smallest absolute Gasteiger partial charge is 0.303 e. The Morgan fingerprint density at radius 3 is 2.94 bits per heavy atom. The Balaban J connectivity index is 2.00. The number of furan rings is 1. The first-order valence-electron chi connectivity index (χ1n) is 6.03. The molecule has 0 amide bonds. The molecule has 1 atom stereocenters. The molecule has 3 rings (SSSR count). The molecule has 0 bridgehead atoms. The minimum Gasteiger partial charge on any atom is -0.481 e. The van der Waals surface area contributed by atoms with Gasteiger partial charge in [0.2, 0.25) is 0 Å². The number of benzene rings is 1. The van der Waals surface area contributed by atoms with Gasteiger partial charge in [0.25, 0.3) is 0 Å². The quantitative estimate of drug-likeness (QED) is 0.922. The molecule has 0 saturated heterocycles. The van der Waals surface area contributed by atoms with Gasteiger partial charge in [-0.25, -0.2) is 0 Å². The van der Waals surface area contributed by atoms with Crippen molar-refractivity contribution < 1.29 is 14.3 Å². The fraction of sp³-hybridized carbons (Fsp3) is 0.357. The van der Waals surface area contributed by atoms with Gasteiger partial charge in [0.05, 0.1) is 10.9 Å². The molecule has 0 aliphatic heterocycles. The molecule has 1 saturated carbocycles. The first-order valence-corrected chi connectivity index (χ1v) is 6.83. The van der Waals surface area contributed by atoms with Gasteiger partial charge in [0.15, 0.2) is 0 Å². The van der Waals surface area contributed by atoms with Gasteiger partial charge >= 0.3 is 5.97 Å². The van der Waals surface area contributed by atoms with Gasteiger partial charge < -0.3 is 9.52 Å². The number of carboxylic acids is 1. The highest BCUT2D eigenvalue weighted by Gasteiger charge is 2.33. The van der Waals surface area contributed by atoms with E-state index in [9.17, 15) is 4.79 Å². The van der Waals surface area contributed by atoms with Crippen LogP contribution in [-0.4, -0.2) is 11.1 Å². The number of hydrogen-bond acceptors (Lipinski definition) is 2. The lowest BCUT2D eigenvalue weighted by atomic mass is 9.90. The molecule has 18 heavy (non-hydrogen) atoms. The number of carbonyl (C=O) groups is 1. The van der Waals surface area contributed by atoms with Crippen LogP contribution in [0.2, 0.25) is 0 Å². The maximum atomic E-state index is 11.0. The Bertz CT molecular complexity index is 598. The summed E-state index contributed by atoms with van der Waals surface area (Å²) in [4.78, 5) is 11.0. The van der Waals surface area contributed by atoms with Crippen molar-refractivity contribution in [1.29, 1.82) is 0 Å². The van der Waals surface area contributed by atoms with Crippen molar-refractivity contribution in [1.82, 2.24) is 0 Å². The normalized spacial score (nSPS) is 16.9. The molecule has 1 fully saturated rings. The van der Waals surface area contributed by atoms with E-state index in [-0.39, 0.29) is 12.3 Å². The van der Waals surface area contributed by atoms with Crippen LogP contribution in [0.4, 0.5) is 0 Å². The Hall–Kier alpha value is -1.29. The largest absolute Gasteiger partial charge is 0.481 e. The Morgan fingerprint density at radius 1 is 1.50 bits per heavy atom. The Morgan fingerprint density at radius 2 is 2.28 bits per heavy atom. The zero-order valence-corrected chi connectivity index (χ0v) is 11.3. The SMILES string of the molecule is O=C(O)CC(c1ccc2occ(Br)c2c1)C1CC1. The second-order valence-corrected chi connectivity index (χ2v) is 5.74. The Labute approximate surface area is 113 Å². The summed E-state index contributed by atoms with van der Waals surface area (Å²) in [6.07, 6.45) is 4.16. The van der Waals surface area contributed by atoms with Gasteiger partial charge in [-0.3, -0.25) is 4.79 Å². The van der Waals surface area contributed by atoms with Crippen LogP contribution in [0.5, 0.6) is 0 Å². The first kappa shape index (κ1) is 11.8. The van der Waals surface area contributed by atoms with Crippen molar-refractivity contribution >= 4 is 32.9 Å². The fourth-order valence-electron chi connectivity index (χ4n) is 2.49. The lowest BCUT2D eigenvalue weighted by molar-refractivity contribution is -0.137. The van der Waals surface area contributed by atoms with E-state index in [1.807, 2.05) is 12.1 Å². The third-order valence-electron chi connectivity index (χ3n) is 3.56. The van der Waals surface area contributed by atoms with Gasteiger partial charge in [-0.1, -0.05) is 6.07 Å². The monoisotopic (exact) mass is 308 g/mol. The summed E-state index contributed by atoms with van der Waals surface area (Å²) >= 11 is 3.44. The van der Waals surface area contributed by atoms with E-state index in [0.29, 0.717) is 5.92 Å². The molecule has 1 unspecified atom stereocenters. The van der Waals surface area contributed by atoms with E-state index in [1.165, 1.54) is 0 Å². The molecule has 1 aromatic carbocycles. The molecule has 1 aliphatic carbocycles. The molecular weight excluding hydrogens is 296 g/mol. The average molecular weight is 309 g/mol. The van der Waals surface area contributed by atoms with Gasteiger partial charge in [-0.15, -0.1) is 0 Å². The molecule has 2 aromatic rings. The maximum Gasteiger partial charge on any atom is 0.303 e. The number of halogens is 1. The third kappa shape index (κ3) is 2.17. The molecule has 3 nitrogen and oxygen atoms in total. The highest BCUT2D eigenvalue weighted by molar-refractivity contribution is 9.10. The van der Waals surface area contributed by atoms with Crippen molar-refractivity contribution in [2.75, 3.05) is 0 Å². The number of aliphatic carboxylic acids is 1. The fourth-order valence-corrected chi connectivity index (χ4v) is 2.89. The zero-order chi connectivity index (χ0) is 12.7. The summed E-state index contributed by atoms with van der Waals surface area (Å²) in [5.41, 5.74) is 1.94. The van der Waals surface area contributed by atoms with Crippen molar-refractivity contribution in [3.05, 3.63) is 34.5 Å². The number of rotatable bonds is 4. The van der Waals surface area contributed by atoms with E-state index in [0.717, 1.165) is 33.8 Å². The maximum absolute atomic E-state index is 11.0. The van der Waals surface area contributed by atoms with E-state index in [4.69, 9.17) is 9.52 Å². The highest BCUT2D eigenvalue weighted by Crippen LogP contribution is 2.45. The summed E-state index contributed by atoms with van der Waals surface area (Å²) in [5, 5.41) is 10.0. The molecule has 0 radical (unpaired) electrons. The second kappa shape index (κ2) is 4.43. The first-order chi connectivity index (χ1) is 8.65. The lowest BCUT2D eigenvalue weighted by Gasteiger charge is -2.14. The molecular formula is C14H13BrO3. The van der Waals surface area contributed by atoms with Crippen LogP contribution in [0, 0.1) is 5.92 Å². The highest BCUT2D eigenvalue weighted by atomic mass is 79.9. The summed E-state index contributed by atoms with van der Waals surface area (Å²) in [5.74, 6) is -0.0591. The number of carboxylic acid groups (broad SMARTS) is 1. The van der Waals surface area contributed by atoms with Crippen molar-refractivity contribution in [3.8, 4) is 0 Å². The van der Waals surface area contributed by atoms with Crippen molar-refractivity contribution in [3.63, 3.8) is 0 Å². The number of fused-ring (bicyclic) bond motifs is 1. The van der Waals surface area contributed by atoms with E-state index < -0.39 is 5.97 Å². The van der Waals surface area contributed by atoms with Crippen molar-refractivity contribution in [2.45, 2.75) is 25.2 Å². The van der Waals surface area contributed by atoms with Crippen LogP contribution < -0.4 is 0 Å². The summed E-state index contributed by atoms with van der Waals surface area (Å²) in [6, 6.07) is 5.96. The zero-order valence-electron chi connectivity index (χ0n) is 9.73. The summed E-state index contributed by atoms with van der Waals surface area (Å²) < 4.78 is 6.30. The second-order valence-electron chi connectivity index (χ2n) is 4.88. The lowest BCUT2D eigenvalue weighted by Crippen LogP contribution is -2.08. The van der Waals surface area contributed by atoms with Crippen LogP contribution in [0.3, 0.4) is 0 Å². The van der Waals surface area contributed by atoms with Crippen molar-refractivity contribution in [2.24, 2.45) is 5.92 Å². The topological polar surface area (TPSA) is 50.4 Å². The van der Waals surface area contributed by atoms with Gasteiger partial charge in [0.1, 0.15) is 11.8 Å². The van der Waals surface area contributed by atoms with Gasteiger partial charge in [0, 0.05) is 5.39 Å². The predicted octanol–water partition coefficient (Wildman–Crippen LogP) is 4.16. The number of hydrogen-bond donors (Lipinski definition) is 1. The molecule has 1 N–H and O–H groups in total. The van der Waals surface area contributed by atoms with E-state index in [1.54, 1.807) is 6.26 Å². The molecule has 1 heterocycles. The molecule has 4 heteroatoms. The summed E-state index contributed by atoms with van der Waals surface area (Å²) in [6.45, 7) is 0. The standard InChI is InChI=1S/C14H13BrO3/c15-12-7-18-13-4-3-9(5-11(12)13)10(6-14(16)17)8-1-2-8/h3-5,7-8,10H,1-2,6H2,(H,16,17). The van der Waals surface area contributed by atoms with E-state index in [2.05, 4.69) is 22.0 Å². The van der Waals surface area contributed by atoms with E-state index >= 15 is 0 Å². The van der Waals surface area contributed by atoms with Gasteiger partial charge in [-0.05, 0) is 58.3 Å². The average Bonchev–Trinajstić information content (AvgIpc) is 3.11. The van der Waals surface area contributed by atoms with Crippen LogP contribution in [0.15, 0.2) is 33.4 Å². The summed E-state index contributed by atoms with van der Waals surface area (Å²) in [7, 11) is 0. The van der Waals surface area contributed by atoms with Crippen LogP contribution in [0.25, 0.3) is 11.0 Å². The third-order valence-corrected chi connectivity index (χ3v) is 4.18. The Kier molecular flexibility index (Phi) is 2.90. The van der Waals surface area contributed by atoms with Crippen LogP contribution in [-0.2, 0) is 4.79 Å². The molecule has 1 aliphatic rings.